The average molecular weight is 514 g/mol. The normalized spacial score (nSPS) is 12.6. The summed E-state index contributed by atoms with van der Waals surface area (Å²) in [6.45, 7) is 2.18. The standard InChI is InChI=1S/C18H21N5O3.C7H7ClO2/c1-12(23-11-22-15-16(19)20-10-21-17(15)23)8-14(25-2)9-26-18(24)13-6-4-3-5-7-13;8-6-3-1-5(2-4-6)7(9)10/h3-7,10-12,14H,8-9H2,1-2H3,(H2,19,20,21);1-4,7,9-10H. The van der Waals surface area contributed by atoms with Crippen LogP contribution in [-0.4, -0.2) is 55.5 Å². The van der Waals surface area contributed by atoms with E-state index in [1.165, 1.54) is 6.33 Å². The predicted molar refractivity (Wildman–Crippen MR) is 135 cm³/mol. The number of aromatic nitrogens is 4. The third kappa shape index (κ3) is 7.22. The Morgan fingerprint density at radius 3 is 2.42 bits per heavy atom. The van der Waals surface area contributed by atoms with Gasteiger partial charge in [0.1, 0.15) is 18.5 Å². The van der Waals surface area contributed by atoms with Crippen LogP contribution < -0.4 is 5.73 Å². The molecule has 2 aromatic heterocycles. The molecule has 0 aliphatic carbocycles. The smallest absolute Gasteiger partial charge is 0.338 e. The molecule has 2 atom stereocenters. The lowest BCUT2D eigenvalue weighted by Gasteiger charge is -2.21. The molecule has 10 nitrogen and oxygen atoms in total. The van der Waals surface area contributed by atoms with E-state index in [9.17, 15) is 4.79 Å². The largest absolute Gasteiger partial charge is 0.459 e. The van der Waals surface area contributed by atoms with Gasteiger partial charge in [0.05, 0.1) is 18.0 Å². The van der Waals surface area contributed by atoms with Crippen LogP contribution in [0.15, 0.2) is 67.3 Å². The molecule has 11 heteroatoms. The van der Waals surface area contributed by atoms with Crippen molar-refractivity contribution in [2.75, 3.05) is 19.5 Å². The highest BCUT2D eigenvalue weighted by Gasteiger charge is 2.19. The first-order chi connectivity index (χ1) is 17.3. The summed E-state index contributed by atoms with van der Waals surface area (Å²) in [6.07, 6.45) is 2.06. The molecule has 0 spiro atoms. The highest BCUT2D eigenvalue weighted by molar-refractivity contribution is 6.30. The van der Waals surface area contributed by atoms with Gasteiger partial charge in [0.15, 0.2) is 17.8 Å². The fourth-order valence-corrected chi connectivity index (χ4v) is 3.51. The molecular formula is C25H28ClN5O5. The predicted octanol–water partition coefficient (Wildman–Crippen LogP) is 3.55. The van der Waals surface area contributed by atoms with Crippen molar-refractivity contribution in [1.82, 2.24) is 19.5 Å². The van der Waals surface area contributed by atoms with E-state index in [1.807, 2.05) is 17.6 Å². The Morgan fingerprint density at radius 1 is 1.08 bits per heavy atom. The maximum Gasteiger partial charge on any atom is 0.338 e. The number of fused-ring (bicyclic) bond motifs is 1. The highest BCUT2D eigenvalue weighted by Crippen LogP contribution is 2.22. The number of esters is 1. The number of halogens is 1. The molecule has 0 saturated carbocycles. The molecule has 0 saturated heterocycles. The first-order valence-electron chi connectivity index (χ1n) is 11.1. The summed E-state index contributed by atoms with van der Waals surface area (Å²) in [7, 11) is 1.60. The van der Waals surface area contributed by atoms with Gasteiger partial charge in [-0.15, -0.1) is 0 Å². The number of nitrogens with two attached hydrogens (primary N) is 1. The molecule has 0 bridgehead atoms. The Kier molecular flexibility index (Phi) is 9.71. The van der Waals surface area contributed by atoms with E-state index in [0.29, 0.717) is 39.6 Å². The number of aliphatic hydroxyl groups excluding tert-OH is 1. The van der Waals surface area contributed by atoms with E-state index < -0.39 is 6.29 Å². The Labute approximate surface area is 213 Å². The SMILES string of the molecule is COC(COC(=O)c1ccccc1)CC(C)n1cnc2c(N)ncnc21.OC(O)c1ccc(Cl)cc1. The summed E-state index contributed by atoms with van der Waals surface area (Å²) >= 11 is 5.55. The number of anilines is 1. The monoisotopic (exact) mass is 513 g/mol. The zero-order valence-corrected chi connectivity index (χ0v) is 20.6. The lowest BCUT2D eigenvalue weighted by Crippen LogP contribution is -2.24. The van der Waals surface area contributed by atoms with E-state index >= 15 is 0 Å². The molecular weight excluding hydrogens is 486 g/mol. The number of methoxy groups -OCH3 is 1. The van der Waals surface area contributed by atoms with Crippen molar-refractivity contribution in [3.8, 4) is 0 Å². The molecule has 2 heterocycles. The van der Waals surface area contributed by atoms with Gasteiger partial charge in [0, 0.05) is 23.7 Å². The summed E-state index contributed by atoms with van der Waals surface area (Å²) in [5.41, 5.74) is 8.03. The molecule has 4 aromatic rings. The molecule has 4 N–H and O–H groups in total. The number of hydrogen-bond acceptors (Lipinski definition) is 9. The van der Waals surface area contributed by atoms with Crippen LogP contribution in [0.5, 0.6) is 0 Å². The minimum absolute atomic E-state index is 0.0228. The van der Waals surface area contributed by atoms with Crippen LogP contribution in [0.4, 0.5) is 5.82 Å². The van der Waals surface area contributed by atoms with Crippen LogP contribution in [0, 0.1) is 0 Å². The van der Waals surface area contributed by atoms with Crippen LogP contribution in [0.25, 0.3) is 11.2 Å². The Hall–Kier alpha value is -3.57. The molecule has 0 aliphatic heterocycles. The Bertz CT molecular complexity index is 1250. The topological polar surface area (TPSA) is 146 Å². The molecule has 0 aliphatic rings. The zero-order valence-electron chi connectivity index (χ0n) is 19.9. The number of hydrogen-bond donors (Lipinski definition) is 3. The fourth-order valence-electron chi connectivity index (χ4n) is 3.38. The Balaban J connectivity index is 0.000000303. The van der Waals surface area contributed by atoms with Crippen LogP contribution in [0.2, 0.25) is 5.02 Å². The quantitative estimate of drug-likeness (QED) is 0.238. The second-order valence-corrected chi connectivity index (χ2v) is 8.35. The number of rotatable bonds is 8. The van der Waals surface area contributed by atoms with Gasteiger partial charge in [-0.1, -0.05) is 41.9 Å². The van der Waals surface area contributed by atoms with E-state index in [2.05, 4.69) is 15.0 Å². The maximum atomic E-state index is 12.1. The molecule has 36 heavy (non-hydrogen) atoms. The molecule has 4 rings (SSSR count). The summed E-state index contributed by atoms with van der Waals surface area (Å²) in [5, 5.41) is 17.8. The van der Waals surface area contributed by atoms with Gasteiger partial charge in [-0.25, -0.2) is 19.7 Å². The van der Waals surface area contributed by atoms with Crippen molar-refractivity contribution < 1.29 is 24.5 Å². The lowest BCUT2D eigenvalue weighted by atomic mass is 10.1. The van der Waals surface area contributed by atoms with E-state index in [0.717, 1.165) is 0 Å². The van der Waals surface area contributed by atoms with E-state index in [1.54, 1.807) is 62.0 Å². The van der Waals surface area contributed by atoms with Gasteiger partial charge < -0.3 is 30.0 Å². The van der Waals surface area contributed by atoms with Crippen LogP contribution in [-0.2, 0) is 9.47 Å². The third-order valence-electron chi connectivity index (χ3n) is 5.38. The van der Waals surface area contributed by atoms with Crippen molar-refractivity contribution in [3.63, 3.8) is 0 Å². The summed E-state index contributed by atoms with van der Waals surface area (Å²) in [5.74, 6) is -0.0186. The molecule has 0 radical (unpaired) electrons. The van der Waals surface area contributed by atoms with Gasteiger partial charge in [0.25, 0.3) is 0 Å². The second kappa shape index (κ2) is 12.9. The van der Waals surface area contributed by atoms with E-state index in [-0.39, 0.29) is 24.7 Å². The number of ether oxygens (including phenoxy) is 2. The first kappa shape index (κ1) is 27.0. The van der Waals surface area contributed by atoms with Crippen molar-refractivity contribution in [2.24, 2.45) is 0 Å². The molecule has 0 amide bonds. The number of aliphatic hydroxyl groups is 2. The van der Waals surface area contributed by atoms with E-state index in [4.69, 9.17) is 37.0 Å². The molecule has 190 valence electrons. The maximum absolute atomic E-state index is 12.1. The van der Waals surface area contributed by atoms with Crippen molar-refractivity contribution in [2.45, 2.75) is 31.8 Å². The number of carbonyl (C=O) groups is 1. The van der Waals surface area contributed by atoms with Crippen molar-refractivity contribution >= 4 is 34.6 Å². The number of nitrogens with zero attached hydrogens (tertiary/aromatic N) is 4. The minimum atomic E-state index is -1.41. The van der Waals surface area contributed by atoms with Crippen molar-refractivity contribution in [1.29, 1.82) is 0 Å². The minimum Gasteiger partial charge on any atom is -0.459 e. The molecule has 0 fully saturated rings. The zero-order chi connectivity index (χ0) is 26.1. The van der Waals surface area contributed by atoms with Crippen LogP contribution in [0.1, 0.15) is 41.6 Å². The number of imidazole rings is 1. The van der Waals surface area contributed by atoms with Crippen LogP contribution in [0.3, 0.4) is 0 Å². The fraction of sp³-hybridized carbons (Fsp3) is 0.280. The van der Waals surface area contributed by atoms with Gasteiger partial charge in [-0.05, 0) is 37.6 Å². The van der Waals surface area contributed by atoms with Gasteiger partial charge >= 0.3 is 5.97 Å². The van der Waals surface area contributed by atoms with Gasteiger partial charge in [-0.2, -0.15) is 0 Å². The molecule has 2 aromatic carbocycles. The number of carbonyl (C=O) groups excluding carboxylic acids is 1. The second-order valence-electron chi connectivity index (χ2n) is 7.92. The highest BCUT2D eigenvalue weighted by atomic mass is 35.5. The summed E-state index contributed by atoms with van der Waals surface area (Å²) < 4.78 is 12.8. The lowest BCUT2D eigenvalue weighted by molar-refractivity contribution is -0.0424. The Morgan fingerprint density at radius 2 is 1.78 bits per heavy atom. The summed E-state index contributed by atoms with van der Waals surface area (Å²) in [4.78, 5) is 24.5. The average Bonchev–Trinajstić information content (AvgIpc) is 3.33. The first-order valence-corrected chi connectivity index (χ1v) is 11.5. The number of nitrogen functional groups attached to an aromatic ring is 1. The van der Waals surface area contributed by atoms with Crippen LogP contribution >= 0.6 is 11.6 Å². The molecule has 2 unspecified atom stereocenters. The van der Waals surface area contributed by atoms with Gasteiger partial charge in [0.2, 0.25) is 0 Å². The summed E-state index contributed by atoms with van der Waals surface area (Å²) in [6, 6.07) is 15.2. The van der Waals surface area contributed by atoms with Gasteiger partial charge in [-0.3, -0.25) is 0 Å². The number of benzene rings is 2. The third-order valence-corrected chi connectivity index (χ3v) is 5.63. The van der Waals surface area contributed by atoms with Crippen molar-refractivity contribution in [3.05, 3.63) is 83.4 Å².